The zero-order valence-corrected chi connectivity index (χ0v) is 16.1. The molecule has 6 nitrogen and oxygen atoms in total. The van der Waals surface area contributed by atoms with Crippen molar-refractivity contribution >= 4 is 28.5 Å². The number of alkyl halides is 3. The summed E-state index contributed by atoms with van der Waals surface area (Å²) in [6.07, 6.45) is -4.42. The second-order valence-electron chi connectivity index (χ2n) is 6.31. The molecule has 0 saturated heterocycles. The number of amides is 1. The summed E-state index contributed by atoms with van der Waals surface area (Å²) >= 11 is 1.16. The predicted molar refractivity (Wildman–Crippen MR) is 104 cm³/mol. The van der Waals surface area contributed by atoms with E-state index in [0.717, 1.165) is 23.9 Å². The SMILES string of the molecule is Cc1c(C(=O)N2CCN=C2SCc2cccc(C(F)(F)F)c2)cccc1[N+](=O)[O-]. The number of rotatable bonds is 4. The van der Waals surface area contributed by atoms with E-state index in [4.69, 9.17) is 0 Å². The smallest absolute Gasteiger partial charge is 0.286 e. The zero-order valence-electron chi connectivity index (χ0n) is 15.3. The number of amidine groups is 1. The lowest BCUT2D eigenvalue weighted by Crippen LogP contribution is -2.33. The Labute approximate surface area is 168 Å². The van der Waals surface area contributed by atoms with Gasteiger partial charge in [0.2, 0.25) is 0 Å². The normalized spacial score (nSPS) is 14.1. The van der Waals surface area contributed by atoms with Gasteiger partial charge >= 0.3 is 6.18 Å². The van der Waals surface area contributed by atoms with E-state index in [1.165, 1.54) is 36.1 Å². The Morgan fingerprint density at radius 3 is 2.69 bits per heavy atom. The summed E-state index contributed by atoms with van der Waals surface area (Å²) in [5, 5.41) is 11.5. The number of nitro benzene ring substituents is 1. The summed E-state index contributed by atoms with van der Waals surface area (Å²) in [5.74, 6) is -0.209. The minimum Gasteiger partial charge on any atom is -0.286 e. The van der Waals surface area contributed by atoms with Gasteiger partial charge in [0.1, 0.15) is 0 Å². The number of halogens is 3. The van der Waals surface area contributed by atoms with Crippen molar-refractivity contribution < 1.29 is 22.9 Å². The summed E-state index contributed by atoms with van der Waals surface area (Å²) in [6, 6.07) is 9.27. The van der Waals surface area contributed by atoms with E-state index < -0.39 is 22.6 Å². The van der Waals surface area contributed by atoms with Gasteiger partial charge in [-0.25, -0.2) is 0 Å². The average molecular weight is 423 g/mol. The molecule has 1 aliphatic heterocycles. The van der Waals surface area contributed by atoms with Gasteiger partial charge in [-0.15, -0.1) is 0 Å². The molecule has 3 rings (SSSR count). The topological polar surface area (TPSA) is 75.8 Å². The second-order valence-corrected chi connectivity index (χ2v) is 7.26. The Kier molecular flexibility index (Phi) is 5.92. The van der Waals surface area contributed by atoms with Crippen molar-refractivity contribution in [2.75, 3.05) is 13.1 Å². The van der Waals surface area contributed by atoms with Crippen LogP contribution < -0.4 is 0 Å². The first-order valence-electron chi connectivity index (χ1n) is 8.57. The Bertz CT molecular complexity index is 992. The summed E-state index contributed by atoms with van der Waals surface area (Å²) in [7, 11) is 0. The first-order valence-corrected chi connectivity index (χ1v) is 9.56. The highest BCUT2D eigenvalue weighted by atomic mass is 32.2. The largest absolute Gasteiger partial charge is 0.416 e. The van der Waals surface area contributed by atoms with Crippen LogP contribution in [0, 0.1) is 17.0 Å². The molecule has 2 aromatic carbocycles. The number of hydrogen-bond donors (Lipinski definition) is 0. The van der Waals surface area contributed by atoms with Crippen molar-refractivity contribution in [1.82, 2.24) is 4.90 Å². The van der Waals surface area contributed by atoms with Gasteiger partial charge in [-0.2, -0.15) is 13.2 Å². The van der Waals surface area contributed by atoms with E-state index in [9.17, 15) is 28.1 Å². The van der Waals surface area contributed by atoms with Gasteiger partial charge in [-0.05, 0) is 24.6 Å². The van der Waals surface area contributed by atoms with Crippen LogP contribution in [-0.4, -0.2) is 34.0 Å². The maximum Gasteiger partial charge on any atom is 0.416 e. The van der Waals surface area contributed by atoms with Crippen molar-refractivity contribution in [3.63, 3.8) is 0 Å². The van der Waals surface area contributed by atoms with Crippen molar-refractivity contribution in [2.45, 2.75) is 18.9 Å². The third-order valence-corrected chi connectivity index (χ3v) is 5.49. The van der Waals surface area contributed by atoms with Gasteiger partial charge in [-0.3, -0.25) is 24.8 Å². The number of carbonyl (C=O) groups is 1. The van der Waals surface area contributed by atoms with Crippen molar-refractivity contribution in [3.8, 4) is 0 Å². The molecule has 29 heavy (non-hydrogen) atoms. The Balaban J connectivity index is 1.75. The Morgan fingerprint density at radius 1 is 1.28 bits per heavy atom. The fourth-order valence-electron chi connectivity index (χ4n) is 2.92. The third-order valence-electron chi connectivity index (χ3n) is 4.40. The lowest BCUT2D eigenvalue weighted by Gasteiger charge is -2.19. The number of benzene rings is 2. The summed E-state index contributed by atoms with van der Waals surface area (Å²) in [5.41, 5.74) is 0.0396. The first-order chi connectivity index (χ1) is 13.7. The Hall–Kier alpha value is -2.88. The van der Waals surface area contributed by atoms with Crippen LogP contribution in [0.1, 0.15) is 27.0 Å². The number of aliphatic imine (C=N–C) groups is 1. The highest BCUT2D eigenvalue weighted by Gasteiger charge is 2.31. The van der Waals surface area contributed by atoms with Gasteiger partial charge < -0.3 is 0 Å². The fraction of sp³-hybridized carbons (Fsp3) is 0.263. The van der Waals surface area contributed by atoms with E-state index in [-0.39, 0.29) is 22.6 Å². The van der Waals surface area contributed by atoms with Crippen LogP contribution in [-0.2, 0) is 11.9 Å². The highest BCUT2D eigenvalue weighted by molar-refractivity contribution is 8.13. The molecule has 0 saturated carbocycles. The third kappa shape index (κ3) is 4.58. The van der Waals surface area contributed by atoms with Crippen LogP contribution in [0.15, 0.2) is 47.5 Å². The monoisotopic (exact) mass is 423 g/mol. The zero-order chi connectivity index (χ0) is 21.2. The summed E-state index contributed by atoms with van der Waals surface area (Å²) < 4.78 is 38.6. The van der Waals surface area contributed by atoms with Crippen LogP contribution in [0.3, 0.4) is 0 Å². The molecule has 0 atom stereocenters. The minimum absolute atomic E-state index is 0.148. The van der Waals surface area contributed by atoms with Gasteiger partial charge in [-0.1, -0.05) is 36.0 Å². The quantitative estimate of drug-likeness (QED) is 0.529. The van der Waals surface area contributed by atoms with E-state index in [1.54, 1.807) is 6.07 Å². The summed E-state index contributed by atoms with van der Waals surface area (Å²) in [6.45, 7) is 2.19. The standard InChI is InChI=1S/C19H16F3N3O3S/c1-12-15(6-3-7-16(12)25(27)28)17(26)24-9-8-23-18(24)29-11-13-4-2-5-14(10-13)19(20,21)22/h2-7,10H,8-9,11H2,1H3. The van der Waals surface area contributed by atoms with E-state index in [2.05, 4.69) is 4.99 Å². The van der Waals surface area contributed by atoms with E-state index >= 15 is 0 Å². The number of nitrogens with zero attached hydrogens (tertiary/aromatic N) is 3. The average Bonchev–Trinajstić information content (AvgIpc) is 3.14. The molecule has 0 spiro atoms. The number of thioether (sulfide) groups is 1. The molecule has 1 heterocycles. The van der Waals surface area contributed by atoms with E-state index in [1.807, 2.05) is 0 Å². The van der Waals surface area contributed by atoms with Gasteiger partial charge in [0.05, 0.1) is 17.0 Å². The fourth-order valence-corrected chi connectivity index (χ4v) is 3.91. The molecular formula is C19H16F3N3O3S. The molecule has 2 aromatic rings. The van der Waals surface area contributed by atoms with Crippen LogP contribution in [0.5, 0.6) is 0 Å². The van der Waals surface area contributed by atoms with E-state index in [0.29, 0.717) is 23.8 Å². The van der Waals surface area contributed by atoms with Crippen LogP contribution in [0.4, 0.5) is 18.9 Å². The molecule has 10 heteroatoms. The maximum atomic E-state index is 12.9. The molecule has 1 aliphatic rings. The minimum atomic E-state index is -4.42. The molecule has 152 valence electrons. The molecule has 0 aliphatic carbocycles. The molecular weight excluding hydrogens is 407 g/mol. The maximum absolute atomic E-state index is 12.9. The molecule has 0 N–H and O–H groups in total. The molecule has 1 amide bonds. The lowest BCUT2D eigenvalue weighted by molar-refractivity contribution is -0.385. The first kappa shape index (κ1) is 20.8. The molecule has 0 fully saturated rings. The van der Waals surface area contributed by atoms with Crippen molar-refractivity contribution in [3.05, 3.63) is 74.8 Å². The van der Waals surface area contributed by atoms with Gasteiger partial charge in [0, 0.05) is 29.5 Å². The number of hydrogen-bond acceptors (Lipinski definition) is 5. The van der Waals surface area contributed by atoms with Crippen molar-refractivity contribution in [2.24, 2.45) is 4.99 Å². The van der Waals surface area contributed by atoms with Crippen LogP contribution in [0.25, 0.3) is 0 Å². The van der Waals surface area contributed by atoms with Gasteiger partial charge in [0.25, 0.3) is 11.6 Å². The number of nitro groups is 1. The predicted octanol–water partition coefficient (Wildman–Crippen LogP) is 4.67. The van der Waals surface area contributed by atoms with Gasteiger partial charge in [0.15, 0.2) is 5.17 Å². The van der Waals surface area contributed by atoms with Crippen LogP contribution in [0.2, 0.25) is 0 Å². The highest BCUT2D eigenvalue weighted by Crippen LogP contribution is 2.31. The second kappa shape index (κ2) is 8.24. The lowest BCUT2D eigenvalue weighted by atomic mass is 10.1. The summed E-state index contributed by atoms with van der Waals surface area (Å²) in [4.78, 5) is 29.1. The molecule has 0 unspecified atom stereocenters. The molecule has 0 aromatic heterocycles. The molecule has 0 radical (unpaired) electrons. The Morgan fingerprint density at radius 2 is 2.00 bits per heavy atom. The molecule has 0 bridgehead atoms. The van der Waals surface area contributed by atoms with Crippen LogP contribution >= 0.6 is 11.8 Å². The van der Waals surface area contributed by atoms with Crippen molar-refractivity contribution in [1.29, 1.82) is 0 Å². The number of carbonyl (C=O) groups excluding carboxylic acids is 1.